The smallest absolute Gasteiger partial charge is 0.232 e. The van der Waals surface area contributed by atoms with E-state index < -0.39 is 0 Å². The largest absolute Gasteiger partial charge is 0.357 e. The average Bonchev–Trinajstić information content (AvgIpc) is 2.47. The number of rotatable bonds is 1. The van der Waals surface area contributed by atoms with Gasteiger partial charge in [-0.2, -0.15) is 0 Å². The van der Waals surface area contributed by atoms with Crippen LogP contribution in [-0.2, 0) is 0 Å². The van der Waals surface area contributed by atoms with Crippen molar-refractivity contribution in [3.05, 3.63) is 24.3 Å². The summed E-state index contributed by atoms with van der Waals surface area (Å²) in [5.74, 6) is 0.723. The van der Waals surface area contributed by atoms with E-state index >= 15 is 0 Å². The molecule has 0 bridgehead atoms. The highest BCUT2D eigenvalue weighted by molar-refractivity contribution is 5.87. The molecule has 0 radical (unpaired) electrons. The molecule has 3 nitrogen and oxygen atoms in total. The van der Waals surface area contributed by atoms with Crippen LogP contribution in [0.2, 0.25) is 0 Å². The highest BCUT2D eigenvalue weighted by atomic mass is 16.5. The van der Waals surface area contributed by atoms with Crippen LogP contribution in [0.4, 0.5) is 5.88 Å². The van der Waals surface area contributed by atoms with Gasteiger partial charge in [0, 0.05) is 7.05 Å². The van der Waals surface area contributed by atoms with Crippen molar-refractivity contribution >= 4 is 16.8 Å². The molecule has 0 spiro atoms. The summed E-state index contributed by atoms with van der Waals surface area (Å²) in [7, 11) is 1.81. The molecule has 0 aliphatic carbocycles. The van der Waals surface area contributed by atoms with E-state index in [2.05, 4.69) is 10.5 Å². The molecule has 3 heteroatoms. The lowest BCUT2D eigenvalue weighted by atomic mass is 10.2. The number of hydrogen-bond donors (Lipinski definition) is 1. The highest BCUT2D eigenvalue weighted by Crippen LogP contribution is 2.21. The topological polar surface area (TPSA) is 38.1 Å². The van der Waals surface area contributed by atoms with Gasteiger partial charge in [0.2, 0.25) is 5.88 Å². The fourth-order valence-electron chi connectivity index (χ4n) is 1.07. The van der Waals surface area contributed by atoms with Gasteiger partial charge in [-0.25, -0.2) is 0 Å². The minimum absolute atomic E-state index is 0.723. The van der Waals surface area contributed by atoms with E-state index in [4.69, 9.17) is 4.52 Å². The summed E-state index contributed by atoms with van der Waals surface area (Å²) >= 11 is 0. The Morgan fingerprint density at radius 2 is 2.18 bits per heavy atom. The molecule has 1 aromatic carbocycles. The van der Waals surface area contributed by atoms with Crippen LogP contribution < -0.4 is 5.32 Å². The molecule has 1 aromatic heterocycles. The Bertz CT molecular complexity index is 367. The van der Waals surface area contributed by atoms with Crippen LogP contribution in [0, 0.1) is 0 Å². The summed E-state index contributed by atoms with van der Waals surface area (Å²) < 4.78 is 5.00. The van der Waals surface area contributed by atoms with Crippen LogP contribution >= 0.6 is 0 Å². The lowest BCUT2D eigenvalue weighted by Crippen LogP contribution is -1.83. The second-order valence-electron chi connectivity index (χ2n) is 2.28. The van der Waals surface area contributed by atoms with Crippen molar-refractivity contribution in [2.24, 2.45) is 0 Å². The molecule has 0 amide bonds. The van der Waals surface area contributed by atoms with Gasteiger partial charge in [0.25, 0.3) is 0 Å². The molecule has 0 aliphatic rings. The molecule has 0 saturated carbocycles. The zero-order valence-electron chi connectivity index (χ0n) is 6.16. The van der Waals surface area contributed by atoms with E-state index in [1.807, 2.05) is 31.3 Å². The van der Waals surface area contributed by atoms with Gasteiger partial charge >= 0.3 is 0 Å². The molecular weight excluding hydrogens is 140 g/mol. The van der Waals surface area contributed by atoms with Crippen molar-refractivity contribution in [2.75, 3.05) is 12.4 Å². The third-order valence-corrected chi connectivity index (χ3v) is 1.61. The Morgan fingerprint density at radius 3 is 3.00 bits per heavy atom. The van der Waals surface area contributed by atoms with Gasteiger partial charge in [-0.15, -0.1) is 0 Å². The number of fused-ring (bicyclic) bond motifs is 1. The SMILES string of the molecule is CNc1onc2ccccc12. The monoisotopic (exact) mass is 148 g/mol. The highest BCUT2D eigenvalue weighted by Gasteiger charge is 2.02. The third kappa shape index (κ3) is 0.852. The number of aromatic nitrogens is 1. The minimum Gasteiger partial charge on any atom is -0.357 e. The summed E-state index contributed by atoms with van der Waals surface area (Å²) in [4.78, 5) is 0. The molecule has 1 N–H and O–H groups in total. The first kappa shape index (κ1) is 6.22. The van der Waals surface area contributed by atoms with Crippen LogP contribution in [0.1, 0.15) is 0 Å². The van der Waals surface area contributed by atoms with Crippen molar-refractivity contribution in [3.63, 3.8) is 0 Å². The van der Waals surface area contributed by atoms with Gasteiger partial charge in [-0.3, -0.25) is 0 Å². The Labute approximate surface area is 64.0 Å². The van der Waals surface area contributed by atoms with Crippen LogP contribution in [0.25, 0.3) is 10.9 Å². The van der Waals surface area contributed by atoms with Crippen molar-refractivity contribution in [3.8, 4) is 0 Å². The van der Waals surface area contributed by atoms with E-state index in [0.717, 1.165) is 16.8 Å². The van der Waals surface area contributed by atoms with Crippen LogP contribution in [0.5, 0.6) is 0 Å². The molecule has 2 aromatic rings. The first-order valence-corrected chi connectivity index (χ1v) is 3.44. The number of benzene rings is 1. The van der Waals surface area contributed by atoms with Crippen LogP contribution in [-0.4, -0.2) is 12.2 Å². The summed E-state index contributed by atoms with van der Waals surface area (Å²) in [5.41, 5.74) is 0.886. The van der Waals surface area contributed by atoms with Gasteiger partial charge in [-0.05, 0) is 12.1 Å². The van der Waals surface area contributed by atoms with E-state index in [9.17, 15) is 0 Å². The van der Waals surface area contributed by atoms with Gasteiger partial charge in [0.15, 0.2) is 0 Å². The fraction of sp³-hybridized carbons (Fsp3) is 0.125. The number of nitrogens with one attached hydrogen (secondary N) is 1. The fourth-order valence-corrected chi connectivity index (χ4v) is 1.07. The van der Waals surface area contributed by atoms with Crippen molar-refractivity contribution in [2.45, 2.75) is 0 Å². The van der Waals surface area contributed by atoms with E-state index in [0.29, 0.717) is 0 Å². The van der Waals surface area contributed by atoms with Gasteiger partial charge in [0.05, 0.1) is 5.39 Å². The maximum atomic E-state index is 5.00. The predicted molar refractivity (Wildman–Crippen MR) is 43.6 cm³/mol. The second-order valence-corrected chi connectivity index (χ2v) is 2.28. The standard InChI is InChI=1S/C8H8N2O/c1-9-8-6-4-2-3-5-7(6)10-11-8/h2-5,9H,1H3. The zero-order valence-corrected chi connectivity index (χ0v) is 6.16. The summed E-state index contributed by atoms with van der Waals surface area (Å²) in [6, 6.07) is 7.78. The van der Waals surface area contributed by atoms with E-state index in [1.54, 1.807) is 0 Å². The third-order valence-electron chi connectivity index (χ3n) is 1.61. The normalized spacial score (nSPS) is 10.3. The van der Waals surface area contributed by atoms with E-state index in [-0.39, 0.29) is 0 Å². The molecule has 56 valence electrons. The number of nitrogens with zero attached hydrogens (tertiary/aromatic N) is 1. The first-order chi connectivity index (χ1) is 5.42. The molecular formula is C8H8N2O. The van der Waals surface area contributed by atoms with Crippen LogP contribution in [0.3, 0.4) is 0 Å². The number of anilines is 1. The van der Waals surface area contributed by atoms with Crippen molar-refractivity contribution in [1.29, 1.82) is 0 Å². The molecule has 0 fully saturated rings. The van der Waals surface area contributed by atoms with E-state index in [1.165, 1.54) is 0 Å². The molecule has 0 saturated heterocycles. The Balaban J connectivity index is 2.76. The van der Waals surface area contributed by atoms with Gasteiger partial charge in [0.1, 0.15) is 5.52 Å². The second kappa shape index (κ2) is 2.27. The molecule has 11 heavy (non-hydrogen) atoms. The molecule has 2 rings (SSSR count). The molecule has 0 aliphatic heterocycles. The van der Waals surface area contributed by atoms with Gasteiger partial charge in [-0.1, -0.05) is 17.3 Å². The number of hydrogen-bond acceptors (Lipinski definition) is 3. The molecule has 0 atom stereocenters. The molecule has 1 heterocycles. The van der Waals surface area contributed by atoms with Gasteiger partial charge < -0.3 is 9.84 Å². The quantitative estimate of drug-likeness (QED) is 0.670. The van der Waals surface area contributed by atoms with Crippen molar-refractivity contribution in [1.82, 2.24) is 5.16 Å². The lowest BCUT2D eigenvalue weighted by molar-refractivity contribution is 0.442. The summed E-state index contributed by atoms with van der Waals surface area (Å²) in [6.45, 7) is 0. The maximum absolute atomic E-state index is 5.00. The zero-order chi connectivity index (χ0) is 7.68. The lowest BCUT2D eigenvalue weighted by Gasteiger charge is -1.89. The summed E-state index contributed by atoms with van der Waals surface area (Å²) in [6.07, 6.45) is 0. The predicted octanol–water partition coefficient (Wildman–Crippen LogP) is 1.87. The maximum Gasteiger partial charge on any atom is 0.232 e. The average molecular weight is 148 g/mol. The Morgan fingerprint density at radius 1 is 1.36 bits per heavy atom. The first-order valence-electron chi connectivity index (χ1n) is 3.44. The Kier molecular flexibility index (Phi) is 1.28. The Hall–Kier alpha value is -1.51. The molecule has 0 unspecified atom stereocenters. The van der Waals surface area contributed by atoms with Crippen LogP contribution in [0.15, 0.2) is 28.8 Å². The minimum atomic E-state index is 0.723. The summed E-state index contributed by atoms with van der Waals surface area (Å²) in [5, 5.41) is 7.80. The van der Waals surface area contributed by atoms with Crippen molar-refractivity contribution < 1.29 is 4.52 Å².